The Balaban J connectivity index is 2.43. The van der Waals surface area contributed by atoms with E-state index in [-0.39, 0.29) is 18.5 Å². The van der Waals surface area contributed by atoms with Gasteiger partial charge in [-0.25, -0.2) is 8.42 Å². The van der Waals surface area contributed by atoms with Gasteiger partial charge in [0.2, 0.25) is 21.8 Å². The van der Waals surface area contributed by atoms with Gasteiger partial charge in [0.25, 0.3) is 0 Å². The molecule has 8 heteroatoms. The van der Waals surface area contributed by atoms with Crippen LogP contribution >= 0.6 is 0 Å². The smallest absolute Gasteiger partial charge is 0.244 e. The van der Waals surface area contributed by atoms with Crippen LogP contribution in [-0.4, -0.2) is 50.0 Å². The lowest BCUT2D eigenvalue weighted by atomic mass is 10.1. The summed E-state index contributed by atoms with van der Waals surface area (Å²) in [5.74, 6) is -0.714. The highest BCUT2D eigenvalue weighted by Gasteiger charge is 2.31. The average molecular weight is 488 g/mol. The van der Waals surface area contributed by atoms with Crippen LogP contribution in [0.15, 0.2) is 42.5 Å². The van der Waals surface area contributed by atoms with Crippen molar-refractivity contribution in [3.05, 3.63) is 64.7 Å². The average Bonchev–Trinajstić information content (AvgIpc) is 2.76. The van der Waals surface area contributed by atoms with E-state index in [4.69, 9.17) is 0 Å². The zero-order valence-electron chi connectivity index (χ0n) is 21.3. The molecular weight excluding hydrogens is 450 g/mol. The van der Waals surface area contributed by atoms with E-state index in [2.05, 4.69) is 5.32 Å². The lowest BCUT2D eigenvalue weighted by Crippen LogP contribution is -2.52. The first-order valence-corrected chi connectivity index (χ1v) is 13.4. The van der Waals surface area contributed by atoms with Gasteiger partial charge in [0.1, 0.15) is 12.6 Å². The summed E-state index contributed by atoms with van der Waals surface area (Å²) in [6.07, 6.45) is 1.85. The topological polar surface area (TPSA) is 86.8 Å². The molecule has 2 rings (SSSR count). The Bertz CT molecular complexity index is 1130. The largest absolute Gasteiger partial charge is 0.352 e. The molecule has 34 heavy (non-hydrogen) atoms. The van der Waals surface area contributed by atoms with Crippen molar-refractivity contribution >= 4 is 27.5 Å². The number of nitrogens with zero attached hydrogens (tertiary/aromatic N) is 2. The first-order chi connectivity index (χ1) is 15.8. The van der Waals surface area contributed by atoms with Gasteiger partial charge in [-0.15, -0.1) is 0 Å². The molecule has 0 radical (unpaired) electrons. The van der Waals surface area contributed by atoms with Crippen LogP contribution in [0.3, 0.4) is 0 Å². The van der Waals surface area contributed by atoms with Gasteiger partial charge in [-0.05, 0) is 63.8 Å². The molecule has 0 saturated carbocycles. The van der Waals surface area contributed by atoms with Gasteiger partial charge < -0.3 is 10.2 Å². The third kappa shape index (κ3) is 7.06. The number of sulfonamides is 1. The second-order valence-corrected chi connectivity index (χ2v) is 10.9. The molecule has 1 N–H and O–H groups in total. The predicted octanol–water partition coefficient (Wildman–Crippen LogP) is 3.71. The zero-order chi connectivity index (χ0) is 25.6. The molecule has 0 aliphatic rings. The number of carbonyl (C=O) groups is 2. The van der Waals surface area contributed by atoms with E-state index in [0.717, 1.165) is 39.2 Å². The van der Waals surface area contributed by atoms with E-state index < -0.39 is 28.5 Å². The maximum atomic E-state index is 13.6. The second kappa shape index (κ2) is 11.5. The van der Waals surface area contributed by atoms with E-state index >= 15 is 0 Å². The van der Waals surface area contributed by atoms with Gasteiger partial charge in [0.05, 0.1) is 11.9 Å². The van der Waals surface area contributed by atoms with Gasteiger partial charge in [0.15, 0.2) is 0 Å². The molecule has 2 atom stereocenters. The molecule has 0 heterocycles. The third-order valence-corrected chi connectivity index (χ3v) is 7.20. The van der Waals surface area contributed by atoms with Gasteiger partial charge in [-0.2, -0.15) is 0 Å². The third-order valence-electron chi connectivity index (χ3n) is 6.07. The number of aryl methyl sites for hydroxylation is 3. The normalized spacial score (nSPS) is 13.1. The maximum Gasteiger partial charge on any atom is 0.244 e. The minimum absolute atomic E-state index is 0.0342. The molecule has 2 amide bonds. The summed E-state index contributed by atoms with van der Waals surface area (Å²) in [7, 11) is -3.75. The molecule has 0 spiro atoms. The summed E-state index contributed by atoms with van der Waals surface area (Å²) in [5.41, 5.74) is 4.10. The number of anilines is 1. The summed E-state index contributed by atoms with van der Waals surface area (Å²) >= 11 is 0. The molecule has 0 aliphatic heterocycles. The van der Waals surface area contributed by atoms with Gasteiger partial charge in [-0.1, -0.05) is 48.9 Å². The molecule has 7 nitrogen and oxygen atoms in total. The predicted molar refractivity (Wildman–Crippen MR) is 137 cm³/mol. The van der Waals surface area contributed by atoms with Crippen molar-refractivity contribution in [2.24, 2.45) is 0 Å². The van der Waals surface area contributed by atoms with E-state index in [9.17, 15) is 18.0 Å². The van der Waals surface area contributed by atoms with Crippen LogP contribution in [0.5, 0.6) is 0 Å². The van der Waals surface area contributed by atoms with Crippen LogP contribution in [-0.2, 0) is 26.2 Å². The Morgan fingerprint density at radius 1 is 1.00 bits per heavy atom. The van der Waals surface area contributed by atoms with Crippen molar-refractivity contribution in [1.29, 1.82) is 0 Å². The Hall–Kier alpha value is -2.87. The number of hydrogen-bond acceptors (Lipinski definition) is 4. The summed E-state index contributed by atoms with van der Waals surface area (Å²) in [6.45, 7) is 11.0. The van der Waals surface area contributed by atoms with Crippen LogP contribution < -0.4 is 9.62 Å². The lowest BCUT2D eigenvalue weighted by molar-refractivity contribution is -0.139. The van der Waals surface area contributed by atoms with Gasteiger partial charge in [-0.3, -0.25) is 13.9 Å². The van der Waals surface area contributed by atoms with Gasteiger partial charge in [0, 0.05) is 12.6 Å². The molecule has 2 aromatic carbocycles. The Labute approximate surface area is 204 Å². The molecule has 0 aliphatic carbocycles. The first-order valence-electron chi connectivity index (χ1n) is 11.5. The molecule has 2 aromatic rings. The van der Waals surface area contributed by atoms with Gasteiger partial charge >= 0.3 is 0 Å². The van der Waals surface area contributed by atoms with Crippen LogP contribution in [0.4, 0.5) is 5.69 Å². The summed E-state index contributed by atoms with van der Waals surface area (Å²) in [6, 6.07) is 12.2. The van der Waals surface area contributed by atoms with E-state index in [1.165, 1.54) is 4.90 Å². The molecule has 0 aromatic heterocycles. The van der Waals surface area contributed by atoms with Crippen molar-refractivity contribution in [1.82, 2.24) is 10.2 Å². The Morgan fingerprint density at radius 3 is 2.21 bits per heavy atom. The molecule has 0 fully saturated rings. The first kappa shape index (κ1) is 27.4. The van der Waals surface area contributed by atoms with Crippen molar-refractivity contribution < 1.29 is 18.0 Å². The maximum absolute atomic E-state index is 13.6. The highest BCUT2D eigenvalue weighted by atomic mass is 32.2. The Kier molecular flexibility index (Phi) is 9.27. The van der Waals surface area contributed by atoms with Crippen LogP contribution in [0.25, 0.3) is 0 Å². The van der Waals surface area contributed by atoms with Crippen molar-refractivity contribution in [3.63, 3.8) is 0 Å². The Morgan fingerprint density at radius 2 is 1.65 bits per heavy atom. The second-order valence-electron chi connectivity index (χ2n) is 9.00. The van der Waals surface area contributed by atoms with Crippen LogP contribution in [0.1, 0.15) is 49.4 Å². The fraction of sp³-hybridized carbons (Fsp3) is 0.462. The number of carbonyl (C=O) groups excluding carboxylic acids is 2. The van der Waals surface area contributed by atoms with Crippen molar-refractivity contribution in [2.45, 2.75) is 66.6 Å². The zero-order valence-corrected chi connectivity index (χ0v) is 22.1. The standard InChI is InChI=1S/C26H37N3O4S/c1-8-21(5)27-26(31)22(6)28(16-23-12-10-9-11-19(23)3)25(30)17-29(34(7,32)33)24-14-13-18(2)15-20(24)4/h9-15,21-22H,8,16-17H2,1-7H3,(H,27,31)/t21-,22-/m1/s1. The van der Waals surface area contributed by atoms with Crippen molar-refractivity contribution in [3.8, 4) is 0 Å². The number of benzene rings is 2. The minimum atomic E-state index is -3.75. The SMILES string of the molecule is CC[C@@H](C)NC(=O)[C@@H](C)N(Cc1ccccc1C)C(=O)CN(c1ccc(C)cc1C)S(C)(=O)=O. The lowest BCUT2D eigenvalue weighted by Gasteiger charge is -2.32. The fourth-order valence-corrected chi connectivity index (χ4v) is 4.61. The minimum Gasteiger partial charge on any atom is -0.352 e. The quantitative estimate of drug-likeness (QED) is 0.554. The van der Waals surface area contributed by atoms with E-state index in [0.29, 0.717) is 5.69 Å². The van der Waals surface area contributed by atoms with E-state index in [1.54, 1.807) is 13.0 Å². The molecule has 0 bridgehead atoms. The molecule has 0 unspecified atom stereocenters. The van der Waals surface area contributed by atoms with Crippen LogP contribution in [0, 0.1) is 20.8 Å². The number of rotatable bonds is 10. The monoisotopic (exact) mass is 487 g/mol. The summed E-state index contributed by atoms with van der Waals surface area (Å²) < 4.78 is 26.5. The van der Waals surface area contributed by atoms with Crippen molar-refractivity contribution in [2.75, 3.05) is 17.1 Å². The summed E-state index contributed by atoms with van der Waals surface area (Å²) in [5, 5.41) is 2.93. The highest BCUT2D eigenvalue weighted by molar-refractivity contribution is 7.92. The van der Waals surface area contributed by atoms with Crippen LogP contribution in [0.2, 0.25) is 0 Å². The number of amides is 2. The van der Waals surface area contributed by atoms with E-state index in [1.807, 2.05) is 71.0 Å². The summed E-state index contributed by atoms with van der Waals surface area (Å²) in [4.78, 5) is 28.0. The number of hydrogen-bond donors (Lipinski definition) is 1. The fourth-order valence-electron chi connectivity index (χ4n) is 3.70. The highest BCUT2D eigenvalue weighted by Crippen LogP contribution is 2.24. The number of nitrogens with one attached hydrogen (secondary N) is 1. The molecule has 186 valence electrons. The molecular formula is C26H37N3O4S. The molecule has 0 saturated heterocycles.